The first kappa shape index (κ1) is 20.4. The molecule has 5 rings (SSSR count). The SMILES string of the molecule is CCc1nc2ccc(F)cc2c(=O)n1C1CC1.Cc1noc(-c2c(N)ncnc2N)n1. The summed E-state index contributed by atoms with van der Waals surface area (Å²) in [5.41, 5.74) is 12.1. The van der Waals surface area contributed by atoms with Crippen LogP contribution < -0.4 is 17.0 Å². The van der Waals surface area contributed by atoms with E-state index in [4.69, 9.17) is 16.0 Å². The molecule has 0 atom stereocenters. The molecule has 11 heteroatoms. The number of nitrogen functional groups attached to an aromatic ring is 2. The summed E-state index contributed by atoms with van der Waals surface area (Å²) in [4.78, 5) is 28.3. The predicted molar refractivity (Wildman–Crippen MR) is 112 cm³/mol. The number of hydrogen-bond acceptors (Lipinski definition) is 9. The van der Waals surface area contributed by atoms with Crippen LogP contribution in [0.25, 0.3) is 22.4 Å². The van der Waals surface area contributed by atoms with E-state index in [0.29, 0.717) is 22.3 Å². The number of fused-ring (bicyclic) bond motifs is 1. The summed E-state index contributed by atoms with van der Waals surface area (Å²) in [6.45, 7) is 3.68. The molecule has 3 aromatic heterocycles. The molecule has 10 nitrogen and oxygen atoms in total. The molecule has 0 radical (unpaired) electrons. The number of aromatic nitrogens is 6. The first-order valence-corrected chi connectivity index (χ1v) is 9.76. The maximum Gasteiger partial charge on any atom is 0.265 e. The molecular weight excluding hydrogens is 403 g/mol. The lowest BCUT2D eigenvalue weighted by molar-refractivity contribution is 0.425. The van der Waals surface area contributed by atoms with Crippen molar-refractivity contribution in [3.05, 3.63) is 52.3 Å². The standard InChI is InChI=1S/C13H13FN2O.C7H8N6O/c1-2-12-15-11-6-3-8(14)7-10(11)13(17)16(12)9-4-5-9;1-3-12-7(14-13-3)4-5(8)10-2-11-6(4)9/h3,6-7,9H,2,4-5H2,1H3;2H,1H3,(H4,8,9,10,11). The van der Waals surface area contributed by atoms with E-state index in [2.05, 4.69) is 25.1 Å². The van der Waals surface area contributed by atoms with Gasteiger partial charge in [0.25, 0.3) is 11.4 Å². The Morgan fingerprint density at radius 1 is 1.19 bits per heavy atom. The molecule has 0 unspecified atom stereocenters. The summed E-state index contributed by atoms with van der Waals surface area (Å²) in [7, 11) is 0. The Labute approximate surface area is 176 Å². The Bertz CT molecular complexity index is 1290. The fourth-order valence-corrected chi connectivity index (χ4v) is 3.21. The largest absolute Gasteiger partial charge is 0.383 e. The molecule has 1 aliphatic carbocycles. The molecule has 0 saturated heterocycles. The van der Waals surface area contributed by atoms with Crippen molar-refractivity contribution in [3.8, 4) is 11.5 Å². The molecule has 0 bridgehead atoms. The molecular formula is C20H21FN8O2. The quantitative estimate of drug-likeness (QED) is 0.505. The fraction of sp³-hybridized carbons (Fsp3) is 0.300. The highest BCUT2D eigenvalue weighted by molar-refractivity contribution is 5.78. The maximum atomic E-state index is 13.2. The molecule has 1 aliphatic rings. The number of halogens is 1. The molecule has 4 N–H and O–H groups in total. The zero-order chi connectivity index (χ0) is 22.1. The van der Waals surface area contributed by atoms with Crippen LogP contribution in [0.15, 0.2) is 33.8 Å². The van der Waals surface area contributed by atoms with Gasteiger partial charge in [-0.2, -0.15) is 4.98 Å². The Morgan fingerprint density at radius 3 is 2.48 bits per heavy atom. The van der Waals surface area contributed by atoms with Gasteiger partial charge < -0.3 is 16.0 Å². The van der Waals surface area contributed by atoms with Crippen molar-refractivity contribution in [2.24, 2.45) is 0 Å². The number of anilines is 2. The molecule has 31 heavy (non-hydrogen) atoms. The molecule has 3 heterocycles. The summed E-state index contributed by atoms with van der Waals surface area (Å²) in [6, 6.07) is 4.47. The van der Waals surface area contributed by atoms with Gasteiger partial charge in [0.05, 0.1) is 10.9 Å². The van der Waals surface area contributed by atoms with E-state index < -0.39 is 0 Å². The summed E-state index contributed by atoms with van der Waals surface area (Å²) >= 11 is 0. The van der Waals surface area contributed by atoms with Gasteiger partial charge in [-0.25, -0.2) is 19.3 Å². The van der Waals surface area contributed by atoms with Gasteiger partial charge in [-0.3, -0.25) is 9.36 Å². The highest BCUT2D eigenvalue weighted by atomic mass is 19.1. The van der Waals surface area contributed by atoms with Gasteiger partial charge in [-0.05, 0) is 38.0 Å². The van der Waals surface area contributed by atoms with Gasteiger partial charge in [-0.1, -0.05) is 12.1 Å². The van der Waals surface area contributed by atoms with Gasteiger partial charge >= 0.3 is 0 Å². The van der Waals surface area contributed by atoms with Crippen LogP contribution in [0.3, 0.4) is 0 Å². The molecule has 1 aromatic carbocycles. The van der Waals surface area contributed by atoms with E-state index in [1.165, 1.54) is 18.5 Å². The number of aryl methyl sites for hydroxylation is 2. The van der Waals surface area contributed by atoms with E-state index in [1.807, 2.05) is 6.92 Å². The minimum Gasteiger partial charge on any atom is -0.383 e. The highest BCUT2D eigenvalue weighted by Gasteiger charge is 2.27. The summed E-state index contributed by atoms with van der Waals surface area (Å²) in [5.74, 6) is 1.60. The van der Waals surface area contributed by atoms with Gasteiger partial charge in [0.15, 0.2) is 5.82 Å². The zero-order valence-electron chi connectivity index (χ0n) is 17.0. The monoisotopic (exact) mass is 424 g/mol. The summed E-state index contributed by atoms with van der Waals surface area (Å²) in [5, 5.41) is 4.01. The lowest BCUT2D eigenvalue weighted by Gasteiger charge is -2.11. The van der Waals surface area contributed by atoms with Gasteiger partial charge in [0.2, 0.25) is 0 Å². The second kappa shape index (κ2) is 8.09. The van der Waals surface area contributed by atoms with Crippen LogP contribution in [0.2, 0.25) is 0 Å². The number of nitrogens with zero attached hydrogens (tertiary/aromatic N) is 6. The Morgan fingerprint density at radius 2 is 1.90 bits per heavy atom. The Hall–Kier alpha value is -3.89. The van der Waals surface area contributed by atoms with Crippen molar-refractivity contribution in [1.29, 1.82) is 0 Å². The number of hydrogen-bond donors (Lipinski definition) is 2. The normalized spacial score (nSPS) is 13.1. The lowest BCUT2D eigenvalue weighted by Crippen LogP contribution is -2.24. The van der Waals surface area contributed by atoms with Crippen molar-refractivity contribution >= 4 is 22.5 Å². The maximum absolute atomic E-state index is 13.2. The average molecular weight is 424 g/mol. The number of benzene rings is 1. The molecule has 0 aliphatic heterocycles. The number of nitrogens with two attached hydrogens (primary N) is 2. The molecule has 160 valence electrons. The van der Waals surface area contributed by atoms with Crippen LogP contribution >= 0.6 is 0 Å². The summed E-state index contributed by atoms with van der Waals surface area (Å²) in [6.07, 6.45) is 4.04. The summed E-state index contributed by atoms with van der Waals surface area (Å²) < 4.78 is 19.8. The minimum absolute atomic E-state index is 0.103. The topological polar surface area (TPSA) is 152 Å². The van der Waals surface area contributed by atoms with Gasteiger partial charge in [0, 0.05) is 12.5 Å². The second-order valence-electron chi connectivity index (χ2n) is 7.12. The minimum atomic E-state index is -0.386. The van der Waals surface area contributed by atoms with Gasteiger partial charge in [-0.15, -0.1) is 0 Å². The Balaban J connectivity index is 0.000000152. The van der Waals surface area contributed by atoms with E-state index in [-0.39, 0.29) is 34.9 Å². The van der Waals surface area contributed by atoms with E-state index in [1.54, 1.807) is 17.6 Å². The van der Waals surface area contributed by atoms with E-state index in [9.17, 15) is 9.18 Å². The third-order valence-corrected chi connectivity index (χ3v) is 4.81. The molecule has 1 fully saturated rings. The van der Waals surface area contributed by atoms with Crippen LogP contribution in [-0.2, 0) is 6.42 Å². The van der Waals surface area contributed by atoms with Crippen molar-refractivity contribution in [3.63, 3.8) is 0 Å². The van der Waals surface area contributed by atoms with Crippen LogP contribution in [-0.4, -0.2) is 29.7 Å². The van der Waals surface area contributed by atoms with Gasteiger partial charge in [0.1, 0.15) is 35.2 Å². The lowest BCUT2D eigenvalue weighted by atomic mass is 10.2. The van der Waals surface area contributed by atoms with Crippen LogP contribution in [0.1, 0.15) is 37.5 Å². The highest BCUT2D eigenvalue weighted by Crippen LogP contribution is 2.34. The molecule has 4 aromatic rings. The van der Waals surface area contributed by atoms with Crippen LogP contribution in [0.4, 0.5) is 16.0 Å². The average Bonchev–Trinajstić information content (AvgIpc) is 3.49. The smallest absolute Gasteiger partial charge is 0.265 e. The van der Waals surface area contributed by atoms with Crippen LogP contribution in [0, 0.1) is 12.7 Å². The van der Waals surface area contributed by atoms with Crippen molar-refractivity contribution in [2.75, 3.05) is 11.5 Å². The van der Waals surface area contributed by atoms with Crippen molar-refractivity contribution in [2.45, 2.75) is 39.2 Å². The van der Waals surface area contributed by atoms with Crippen molar-refractivity contribution < 1.29 is 8.91 Å². The van der Waals surface area contributed by atoms with Crippen LogP contribution in [0.5, 0.6) is 0 Å². The number of rotatable bonds is 3. The van der Waals surface area contributed by atoms with Crippen molar-refractivity contribution in [1.82, 2.24) is 29.7 Å². The molecule has 1 saturated carbocycles. The molecule has 0 spiro atoms. The Kier molecular flexibility index (Phi) is 5.32. The fourth-order valence-electron chi connectivity index (χ4n) is 3.21. The first-order chi connectivity index (χ1) is 14.9. The third-order valence-electron chi connectivity index (χ3n) is 4.81. The van der Waals surface area contributed by atoms with E-state index in [0.717, 1.165) is 25.1 Å². The third kappa shape index (κ3) is 4.06. The first-order valence-electron chi connectivity index (χ1n) is 9.76. The zero-order valence-corrected chi connectivity index (χ0v) is 17.0. The predicted octanol–water partition coefficient (Wildman–Crippen LogP) is 2.43. The van der Waals surface area contributed by atoms with E-state index >= 15 is 0 Å². The second-order valence-corrected chi connectivity index (χ2v) is 7.12. The molecule has 0 amide bonds.